The first kappa shape index (κ1) is 7.51. The SMILES string of the molecule is CC(F)C(C(=O)O)C1CC1. The number of alkyl halides is 1. The van der Waals surface area contributed by atoms with E-state index in [-0.39, 0.29) is 5.92 Å². The second kappa shape index (κ2) is 2.56. The highest BCUT2D eigenvalue weighted by molar-refractivity contribution is 5.71. The molecule has 58 valence electrons. The highest BCUT2D eigenvalue weighted by Gasteiger charge is 2.39. The average Bonchev–Trinajstić information content (AvgIpc) is 2.46. The quantitative estimate of drug-likeness (QED) is 0.654. The average molecular weight is 146 g/mol. The number of carbonyl (C=O) groups is 1. The lowest BCUT2D eigenvalue weighted by Gasteiger charge is -2.10. The fourth-order valence-electron chi connectivity index (χ4n) is 1.23. The van der Waals surface area contributed by atoms with Crippen LogP contribution in [0.5, 0.6) is 0 Å². The van der Waals surface area contributed by atoms with Crippen molar-refractivity contribution in [1.29, 1.82) is 0 Å². The number of hydrogen-bond donors (Lipinski definition) is 1. The second-order valence-corrected chi connectivity index (χ2v) is 2.88. The number of halogens is 1. The fraction of sp³-hybridized carbons (Fsp3) is 0.857. The van der Waals surface area contributed by atoms with E-state index in [9.17, 15) is 9.18 Å². The van der Waals surface area contributed by atoms with Crippen molar-refractivity contribution in [2.75, 3.05) is 0 Å². The normalized spacial score (nSPS) is 23.8. The lowest BCUT2D eigenvalue weighted by Crippen LogP contribution is -2.24. The van der Waals surface area contributed by atoms with Gasteiger partial charge >= 0.3 is 5.97 Å². The van der Waals surface area contributed by atoms with Crippen LogP contribution in [0.3, 0.4) is 0 Å². The molecule has 2 nitrogen and oxygen atoms in total. The summed E-state index contributed by atoms with van der Waals surface area (Å²) in [5.74, 6) is -1.63. The number of hydrogen-bond acceptors (Lipinski definition) is 1. The van der Waals surface area contributed by atoms with E-state index in [1.807, 2.05) is 0 Å². The summed E-state index contributed by atoms with van der Waals surface area (Å²) in [5, 5.41) is 8.51. The maximum atomic E-state index is 12.5. The Morgan fingerprint density at radius 2 is 2.20 bits per heavy atom. The number of carboxylic acids is 1. The van der Waals surface area contributed by atoms with E-state index < -0.39 is 18.1 Å². The van der Waals surface area contributed by atoms with E-state index in [0.717, 1.165) is 12.8 Å². The van der Waals surface area contributed by atoms with Gasteiger partial charge in [-0.05, 0) is 25.7 Å². The first-order chi connectivity index (χ1) is 4.63. The van der Waals surface area contributed by atoms with Crippen molar-refractivity contribution < 1.29 is 14.3 Å². The summed E-state index contributed by atoms with van der Waals surface area (Å²) in [6.07, 6.45) is 0.557. The van der Waals surface area contributed by atoms with Gasteiger partial charge in [-0.1, -0.05) is 0 Å². The molecule has 2 atom stereocenters. The minimum atomic E-state index is -1.20. The van der Waals surface area contributed by atoms with Crippen LogP contribution in [0.15, 0.2) is 0 Å². The molecule has 0 heterocycles. The van der Waals surface area contributed by atoms with Crippen LogP contribution in [0.1, 0.15) is 19.8 Å². The molecule has 1 aliphatic carbocycles. The van der Waals surface area contributed by atoms with Gasteiger partial charge in [-0.15, -0.1) is 0 Å². The lowest BCUT2D eigenvalue weighted by molar-refractivity contribution is -0.144. The van der Waals surface area contributed by atoms with Crippen LogP contribution in [0.4, 0.5) is 4.39 Å². The van der Waals surface area contributed by atoms with Gasteiger partial charge in [-0.3, -0.25) is 4.79 Å². The Balaban J connectivity index is 2.49. The fourth-order valence-corrected chi connectivity index (χ4v) is 1.23. The van der Waals surface area contributed by atoms with Crippen molar-refractivity contribution in [3.05, 3.63) is 0 Å². The summed E-state index contributed by atoms with van der Waals surface area (Å²) in [6.45, 7) is 1.32. The Hall–Kier alpha value is -0.600. The molecule has 0 saturated heterocycles. The molecule has 0 radical (unpaired) electrons. The maximum Gasteiger partial charge on any atom is 0.309 e. The van der Waals surface area contributed by atoms with Gasteiger partial charge in [-0.2, -0.15) is 0 Å². The predicted molar refractivity (Wildman–Crippen MR) is 34.4 cm³/mol. The molecule has 0 aromatic carbocycles. The van der Waals surface area contributed by atoms with Gasteiger partial charge in [0.05, 0.1) is 5.92 Å². The molecular formula is C7H11FO2. The molecule has 0 amide bonds. The van der Waals surface area contributed by atoms with Crippen LogP contribution >= 0.6 is 0 Å². The molecule has 0 bridgehead atoms. The van der Waals surface area contributed by atoms with Gasteiger partial charge in [0.1, 0.15) is 6.17 Å². The van der Waals surface area contributed by atoms with Gasteiger partial charge in [0.2, 0.25) is 0 Å². The molecule has 0 spiro atoms. The number of rotatable bonds is 3. The summed E-state index contributed by atoms with van der Waals surface area (Å²) >= 11 is 0. The Kier molecular flexibility index (Phi) is 1.92. The Bertz CT molecular complexity index is 139. The predicted octanol–water partition coefficient (Wildman–Crippen LogP) is 1.46. The van der Waals surface area contributed by atoms with E-state index in [0.29, 0.717) is 0 Å². The zero-order valence-electron chi connectivity index (χ0n) is 5.88. The molecule has 1 saturated carbocycles. The highest BCUT2D eigenvalue weighted by atomic mass is 19.1. The van der Waals surface area contributed by atoms with Crippen LogP contribution in [-0.4, -0.2) is 17.2 Å². The highest BCUT2D eigenvalue weighted by Crippen LogP contribution is 2.39. The monoisotopic (exact) mass is 146 g/mol. The molecular weight excluding hydrogens is 135 g/mol. The van der Waals surface area contributed by atoms with E-state index in [4.69, 9.17) is 5.11 Å². The van der Waals surface area contributed by atoms with E-state index in [1.165, 1.54) is 6.92 Å². The Morgan fingerprint density at radius 3 is 2.30 bits per heavy atom. The molecule has 1 aliphatic rings. The smallest absolute Gasteiger partial charge is 0.309 e. The zero-order chi connectivity index (χ0) is 7.72. The van der Waals surface area contributed by atoms with Gasteiger partial charge in [0.15, 0.2) is 0 Å². The van der Waals surface area contributed by atoms with E-state index in [1.54, 1.807) is 0 Å². The standard InChI is InChI=1S/C7H11FO2/c1-4(8)6(7(9)10)5-2-3-5/h4-6H,2-3H2,1H3,(H,9,10). The molecule has 10 heavy (non-hydrogen) atoms. The third kappa shape index (κ3) is 1.46. The summed E-state index contributed by atoms with van der Waals surface area (Å²) in [6, 6.07) is 0. The molecule has 3 heteroatoms. The molecule has 1 fully saturated rings. The first-order valence-corrected chi connectivity index (χ1v) is 3.50. The van der Waals surface area contributed by atoms with E-state index >= 15 is 0 Å². The third-order valence-corrected chi connectivity index (χ3v) is 1.91. The van der Waals surface area contributed by atoms with Gasteiger partial charge in [-0.25, -0.2) is 4.39 Å². The van der Waals surface area contributed by atoms with Crippen molar-refractivity contribution in [2.24, 2.45) is 11.8 Å². The molecule has 1 N–H and O–H groups in total. The van der Waals surface area contributed by atoms with E-state index in [2.05, 4.69) is 0 Å². The topological polar surface area (TPSA) is 37.3 Å². The number of aliphatic carboxylic acids is 1. The van der Waals surface area contributed by atoms with Crippen LogP contribution < -0.4 is 0 Å². The Labute approximate surface area is 59.0 Å². The maximum absolute atomic E-state index is 12.5. The second-order valence-electron chi connectivity index (χ2n) is 2.88. The van der Waals surface area contributed by atoms with Crippen molar-refractivity contribution in [1.82, 2.24) is 0 Å². The van der Waals surface area contributed by atoms with Gasteiger partial charge in [0.25, 0.3) is 0 Å². The summed E-state index contributed by atoms with van der Waals surface area (Å²) in [5.41, 5.74) is 0. The molecule has 2 unspecified atom stereocenters. The summed E-state index contributed by atoms with van der Waals surface area (Å²) < 4.78 is 12.5. The molecule has 0 aromatic heterocycles. The van der Waals surface area contributed by atoms with Crippen molar-refractivity contribution in [3.8, 4) is 0 Å². The minimum Gasteiger partial charge on any atom is -0.481 e. The third-order valence-electron chi connectivity index (χ3n) is 1.91. The van der Waals surface area contributed by atoms with Crippen LogP contribution in [0.2, 0.25) is 0 Å². The van der Waals surface area contributed by atoms with Gasteiger partial charge in [0, 0.05) is 0 Å². The molecule has 1 rings (SSSR count). The van der Waals surface area contributed by atoms with Crippen molar-refractivity contribution in [2.45, 2.75) is 25.9 Å². The van der Waals surface area contributed by atoms with Crippen LogP contribution in [0, 0.1) is 11.8 Å². The molecule has 0 aliphatic heterocycles. The van der Waals surface area contributed by atoms with Crippen molar-refractivity contribution in [3.63, 3.8) is 0 Å². The Morgan fingerprint density at radius 1 is 1.70 bits per heavy atom. The molecule has 0 aromatic rings. The minimum absolute atomic E-state index is 0.109. The number of carboxylic acid groups (broad SMARTS) is 1. The lowest BCUT2D eigenvalue weighted by atomic mass is 10.00. The van der Waals surface area contributed by atoms with Crippen LogP contribution in [-0.2, 0) is 4.79 Å². The summed E-state index contributed by atoms with van der Waals surface area (Å²) in [4.78, 5) is 10.4. The first-order valence-electron chi connectivity index (χ1n) is 3.50. The summed E-state index contributed by atoms with van der Waals surface area (Å²) in [7, 11) is 0. The van der Waals surface area contributed by atoms with Crippen LogP contribution in [0.25, 0.3) is 0 Å². The van der Waals surface area contributed by atoms with Gasteiger partial charge < -0.3 is 5.11 Å². The zero-order valence-corrected chi connectivity index (χ0v) is 5.88. The van der Waals surface area contributed by atoms with Crippen molar-refractivity contribution >= 4 is 5.97 Å². The largest absolute Gasteiger partial charge is 0.481 e.